The van der Waals surface area contributed by atoms with Crippen LogP contribution in [0.5, 0.6) is 23.0 Å². The molecule has 3 aromatic carbocycles. The summed E-state index contributed by atoms with van der Waals surface area (Å²) in [6.07, 6.45) is 0.521. The number of benzene rings is 3. The number of rotatable bonds is 4. The zero-order chi connectivity index (χ0) is 19.5. The number of nitrogens with one attached hydrogen (secondary N) is 1. The Kier molecular flexibility index (Phi) is 4.72. The number of ether oxygens (including phenoxy) is 3. The van der Waals surface area contributed by atoms with Gasteiger partial charge in [-0.1, -0.05) is 24.3 Å². The lowest BCUT2D eigenvalue weighted by atomic mass is 10.1. The third-order valence-electron chi connectivity index (χ3n) is 4.38. The van der Waals surface area contributed by atoms with Gasteiger partial charge in [0.2, 0.25) is 6.10 Å². The van der Waals surface area contributed by atoms with E-state index in [0.717, 1.165) is 10.8 Å². The summed E-state index contributed by atoms with van der Waals surface area (Å²) in [5.41, 5.74) is 2.85. The maximum absolute atomic E-state index is 12.3. The van der Waals surface area contributed by atoms with Crippen molar-refractivity contribution < 1.29 is 24.1 Å². The Morgan fingerprint density at radius 1 is 1.18 bits per heavy atom. The average molecular weight is 378 g/mol. The Labute approximate surface area is 161 Å². The minimum atomic E-state index is -0.824. The van der Waals surface area contributed by atoms with Crippen LogP contribution in [0.2, 0.25) is 0 Å². The Morgan fingerprint density at radius 3 is 2.64 bits per heavy atom. The number of nitrogens with zero attached hydrogens (tertiary/aromatic N) is 1. The molecule has 1 heterocycles. The van der Waals surface area contributed by atoms with Gasteiger partial charge in [-0.2, -0.15) is 5.10 Å². The highest BCUT2D eigenvalue weighted by Crippen LogP contribution is 2.35. The third-order valence-corrected chi connectivity index (χ3v) is 4.38. The summed E-state index contributed by atoms with van der Waals surface area (Å²) in [6.45, 7) is 0.0838. The van der Waals surface area contributed by atoms with Crippen LogP contribution in [0.4, 0.5) is 0 Å². The number of fused-ring (bicyclic) bond motifs is 2. The smallest absolute Gasteiger partial charge is 0.284 e. The number of amides is 1. The van der Waals surface area contributed by atoms with Gasteiger partial charge in [0.1, 0.15) is 18.1 Å². The van der Waals surface area contributed by atoms with Crippen LogP contribution in [0.3, 0.4) is 0 Å². The van der Waals surface area contributed by atoms with E-state index in [1.54, 1.807) is 12.1 Å². The molecule has 7 heteroatoms. The molecular formula is C21H18N2O5. The number of carbonyl (C=O) groups is 1. The number of carbonyl (C=O) groups excluding carboxylic acids is 1. The largest absolute Gasteiger partial charge is 0.507 e. The van der Waals surface area contributed by atoms with Crippen molar-refractivity contribution in [1.82, 2.24) is 5.43 Å². The first kappa shape index (κ1) is 17.7. The number of phenolic OH excluding ortho intramolecular Hbond substituents is 1. The van der Waals surface area contributed by atoms with Crippen molar-refractivity contribution in [1.29, 1.82) is 0 Å². The first-order valence-electron chi connectivity index (χ1n) is 8.66. The van der Waals surface area contributed by atoms with Crippen LogP contribution in [0.15, 0.2) is 59.7 Å². The van der Waals surface area contributed by atoms with Gasteiger partial charge in [-0.05, 0) is 35.0 Å². The van der Waals surface area contributed by atoms with Gasteiger partial charge in [0.15, 0.2) is 11.5 Å². The number of methoxy groups -OCH3 is 1. The molecule has 1 atom stereocenters. The van der Waals surface area contributed by atoms with Crippen LogP contribution in [0.1, 0.15) is 5.56 Å². The van der Waals surface area contributed by atoms with Crippen molar-refractivity contribution in [3.8, 4) is 23.0 Å². The maximum Gasteiger partial charge on any atom is 0.284 e. The minimum absolute atomic E-state index is 0.00426. The van der Waals surface area contributed by atoms with Crippen molar-refractivity contribution >= 4 is 22.9 Å². The molecule has 3 aromatic rings. The van der Waals surface area contributed by atoms with Crippen LogP contribution in [0, 0.1) is 0 Å². The lowest BCUT2D eigenvalue weighted by molar-refractivity contribution is -0.130. The zero-order valence-electron chi connectivity index (χ0n) is 15.1. The quantitative estimate of drug-likeness (QED) is 0.538. The second-order valence-corrected chi connectivity index (χ2v) is 6.22. The maximum atomic E-state index is 12.3. The summed E-state index contributed by atoms with van der Waals surface area (Å²) in [6, 6.07) is 16.4. The lowest BCUT2D eigenvalue weighted by Gasteiger charge is -2.25. The van der Waals surface area contributed by atoms with Crippen molar-refractivity contribution in [3.05, 3.63) is 60.2 Å². The van der Waals surface area contributed by atoms with E-state index in [1.807, 2.05) is 36.4 Å². The monoisotopic (exact) mass is 378 g/mol. The second-order valence-electron chi connectivity index (χ2n) is 6.22. The van der Waals surface area contributed by atoms with E-state index < -0.39 is 12.0 Å². The van der Waals surface area contributed by atoms with Crippen molar-refractivity contribution in [3.63, 3.8) is 0 Å². The highest BCUT2D eigenvalue weighted by molar-refractivity contribution is 5.88. The van der Waals surface area contributed by atoms with E-state index in [-0.39, 0.29) is 12.4 Å². The first-order chi connectivity index (χ1) is 13.6. The van der Waals surface area contributed by atoms with Crippen LogP contribution >= 0.6 is 0 Å². The second kappa shape index (κ2) is 7.48. The van der Waals surface area contributed by atoms with Gasteiger partial charge in [0.25, 0.3) is 5.91 Å². The van der Waals surface area contributed by atoms with Gasteiger partial charge in [-0.25, -0.2) is 5.43 Å². The van der Waals surface area contributed by atoms with Gasteiger partial charge in [-0.15, -0.1) is 0 Å². The predicted octanol–water partition coefficient (Wildman–Crippen LogP) is 2.84. The van der Waals surface area contributed by atoms with Gasteiger partial charge in [0, 0.05) is 11.6 Å². The SMILES string of the molecule is COc1ccc(/C=N/NC(=O)[C@@H]2COc3cc4ccccc4cc3O2)c(O)c1. The molecular weight excluding hydrogens is 360 g/mol. The number of hydrogen-bond donors (Lipinski definition) is 2. The molecule has 0 fully saturated rings. The predicted molar refractivity (Wildman–Crippen MR) is 104 cm³/mol. The number of hydrazone groups is 1. The van der Waals surface area contributed by atoms with Gasteiger partial charge in [-0.3, -0.25) is 4.79 Å². The standard InChI is InChI=1S/C21H18N2O5/c1-26-16-7-6-15(17(24)10-16)11-22-23-21(25)20-12-27-18-8-13-4-2-3-5-14(13)9-19(18)28-20/h2-11,20,24H,12H2,1H3,(H,23,25)/b22-11+/t20-/m0/s1. The fourth-order valence-electron chi connectivity index (χ4n) is 2.88. The molecule has 0 aliphatic carbocycles. The van der Waals surface area contributed by atoms with E-state index in [0.29, 0.717) is 22.8 Å². The highest BCUT2D eigenvalue weighted by Gasteiger charge is 2.27. The molecule has 0 saturated heterocycles. The molecule has 0 spiro atoms. The van der Waals surface area contributed by atoms with E-state index in [9.17, 15) is 9.90 Å². The molecule has 4 rings (SSSR count). The molecule has 0 radical (unpaired) electrons. The van der Waals surface area contributed by atoms with Crippen molar-refractivity contribution in [2.24, 2.45) is 5.10 Å². The first-order valence-corrected chi connectivity index (χ1v) is 8.66. The van der Waals surface area contributed by atoms with Gasteiger partial charge in [0.05, 0.1) is 13.3 Å². The molecule has 0 bridgehead atoms. The molecule has 0 aromatic heterocycles. The van der Waals surface area contributed by atoms with Crippen molar-refractivity contribution in [2.45, 2.75) is 6.10 Å². The fourth-order valence-corrected chi connectivity index (χ4v) is 2.88. The van der Waals surface area contributed by atoms with Crippen molar-refractivity contribution in [2.75, 3.05) is 13.7 Å². The molecule has 1 aliphatic rings. The van der Waals surface area contributed by atoms with Crippen LogP contribution in [-0.2, 0) is 4.79 Å². The third kappa shape index (κ3) is 3.55. The van der Waals surface area contributed by atoms with Crippen LogP contribution in [-0.4, -0.2) is 37.0 Å². The summed E-state index contributed by atoms with van der Waals surface area (Å²) >= 11 is 0. The van der Waals surface area contributed by atoms with E-state index in [1.165, 1.54) is 19.4 Å². The summed E-state index contributed by atoms with van der Waals surface area (Å²) in [7, 11) is 1.51. The molecule has 7 nitrogen and oxygen atoms in total. The fraction of sp³-hybridized carbons (Fsp3) is 0.143. The number of hydrogen-bond acceptors (Lipinski definition) is 6. The molecule has 28 heavy (non-hydrogen) atoms. The zero-order valence-corrected chi connectivity index (χ0v) is 15.1. The molecule has 0 saturated carbocycles. The Bertz CT molecular complexity index is 1060. The number of phenols is 1. The van der Waals surface area contributed by atoms with Gasteiger partial charge >= 0.3 is 0 Å². The van der Waals surface area contributed by atoms with Crippen LogP contribution in [0.25, 0.3) is 10.8 Å². The molecule has 142 valence electrons. The molecule has 1 amide bonds. The topological polar surface area (TPSA) is 89.4 Å². The number of aromatic hydroxyl groups is 1. The Morgan fingerprint density at radius 2 is 1.93 bits per heavy atom. The Hall–Kier alpha value is -3.74. The lowest BCUT2D eigenvalue weighted by Crippen LogP contribution is -2.42. The summed E-state index contributed by atoms with van der Waals surface area (Å²) in [5.74, 6) is 1.20. The molecule has 2 N–H and O–H groups in total. The molecule has 0 unspecified atom stereocenters. The summed E-state index contributed by atoms with van der Waals surface area (Å²) in [5, 5.41) is 15.8. The Balaban J connectivity index is 1.43. The molecule has 1 aliphatic heterocycles. The van der Waals surface area contributed by atoms with Gasteiger partial charge < -0.3 is 19.3 Å². The van der Waals surface area contributed by atoms with Crippen LogP contribution < -0.4 is 19.6 Å². The van der Waals surface area contributed by atoms with E-state index in [2.05, 4.69) is 10.5 Å². The average Bonchev–Trinajstić information content (AvgIpc) is 2.72. The summed E-state index contributed by atoms with van der Waals surface area (Å²) in [4.78, 5) is 12.3. The normalized spacial score (nSPS) is 15.5. The minimum Gasteiger partial charge on any atom is -0.507 e. The highest BCUT2D eigenvalue weighted by atomic mass is 16.6. The summed E-state index contributed by atoms with van der Waals surface area (Å²) < 4.78 is 16.5. The van der Waals surface area contributed by atoms with E-state index in [4.69, 9.17) is 14.2 Å². The van der Waals surface area contributed by atoms with E-state index >= 15 is 0 Å².